The fourth-order valence-corrected chi connectivity index (χ4v) is 7.36. The van der Waals surface area contributed by atoms with Crippen molar-refractivity contribution in [2.75, 3.05) is 0 Å². The Kier molecular flexibility index (Phi) is 16.0. The average Bonchev–Trinajstić information content (AvgIpc) is 3.83. The van der Waals surface area contributed by atoms with Gasteiger partial charge in [-0.15, -0.1) is 42.8 Å². The van der Waals surface area contributed by atoms with Crippen LogP contribution in [0.4, 0.5) is 43.9 Å². The largest absolute Gasteiger partial charge is 2.00 e. The minimum absolute atomic E-state index is 0. The summed E-state index contributed by atoms with van der Waals surface area (Å²) >= 11 is 0. The summed E-state index contributed by atoms with van der Waals surface area (Å²) < 4.78 is 143. The van der Waals surface area contributed by atoms with Crippen molar-refractivity contribution in [3.8, 4) is 22.3 Å². The van der Waals surface area contributed by atoms with Crippen molar-refractivity contribution in [3.05, 3.63) is 189 Å². The Balaban J connectivity index is 0.000000269. The van der Waals surface area contributed by atoms with Gasteiger partial charge in [0.2, 0.25) is 0 Å². The molecule has 0 spiro atoms. The molecule has 6 aromatic carbocycles. The van der Waals surface area contributed by atoms with Gasteiger partial charge in [0.25, 0.3) is 0 Å². The second kappa shape index (κ2) is 20.1. The van der Waals surface area contributed by atoms with Crippen LogP contribution < -0.4 is 0 Å². The Morgan fingerprint density at radius 2 is 1.08 bits per heavy atom. The van der Waals surface area contributed by atoms with Gasteiger partial charge in [-0.2, -0.15) is 18.2 Å². The molecule has 0 aliphatic heterocycles. The van der Waals surface area contributed by atoms with Crippen LogP contribution in [0.1, 0.15) is 44.4 Å². The number of fused-ring (bicyclic) bond motifs is 2. The second-order valence-corrected chi connectivity index (χ2v) is 16.0. The van der Waals surface area contributed by atoms with E-state index < -0.39 is 94.4 Å². The van der Waals surface area contributed by atoms with Crippen LogP contribution in [0.2, 0.25) is 13.1 Å². The predicted octanol–water partition coefficient (Wildman–Crippen LogP) is 13.3. The summed E-state index contributed by atoms with van der Waals surface area (Å²) in [4.78, 5) is 0. The fraction of sp³-hybridized carbons (Fsp3) is 0.128. The van der Waals surface area contributed by atoms with Crippen molar-refractivity contribution >= 4 is 43.4 Å². The van der Waals surface area contributed by atoms with E-state index in [0.29, 0.717) is 0 Å². The first-order valence-corrected chi connectivity index (χ1v) is 20.6. The smallest absolute Gasteiger partial charge is 0.168 e. The molecule has 7 rings (SSSR count). The molecule has 0 nitrogen and oxygen atoms in total. The molecule has 13 heteroatoms. The topological polar surface area (TPSA) is 0 Å². The molecule has 0 amide bonds. The number of rotatable bonds is 5. The first-order valence-electron chi connectivity index (χ1n) is 18.0. The van der Waals surface area contributed by atoms with Gasteiger partial charge in [0.1, 0.15) is 0 Å². The molecule has 0 unspecified atom stereocenters. The van der Waals surface area contributed by atoms with E-state index in [0.717, 1.165) is 12.1 Å². The third-order valence-corrected chi connectivity index (χ3v) is 10.6. The maximum atomic E-state index is 14.9. The number of halogens is 10. The van der Waals surface area contributed by atoms with E-state index in [2.05, 4.69) is 92.7 Å². The molecule has 60 heavy (non-hydrogen) atoms. The fourth-order valence-electron chi connectivity index (χ4n) is 6.48. The van der Waals surface area contributed by atoms with Gasteiger partial charge >= 0.3 is 226 Å². The van der Waals surface area contributed by atoms with Crippen LogP contribution in [-0.2, 0) is 26.2 Å². The zero-order valence-electron chi connectivity index (χ0n) is 33.1. The Bertz CT molecular complexity index is 2670. The Morgan fingerprint density at radius 3 is 1.58 bits per heavy atom. The molecule has 1 aliphatic rings. The van der Waals surface area contributed by atoms with Crippen molar-refractivity contribution < 1.29 is 70.1 Å². The van der Waals surface area contributed by atoms with E-state index >= 15 is 0 Å². The van der Waals surface area contributed by atoms with Crippen molar-refractivity contribution in [2.45, 2.75) is 40.8 Å². The third-order valence-electron chi connectivity index (χ3n) is 9.70. The number of hydrogen-bond acceptors (Lipinski definition) is 0. The first-order chi connectivity index (χ1) is 28.0. The zero-order valence-corrected chi connectivity index (χ0v) is 36.6. The molecule has 0 saturated heterocycles. The molecule has 0 bridgehead atoms. The minimum Gasteiger partial charge on any atom is -0.168 e. The molecular weight excluding hydrogens is 885 g/mol. The third kappa shape index (κ3) is 9.22. The van der Waals surface area contributed by atoms with Gasteiger partial charge in [0.15, 0.2) is 0 Å². The molecule has 0 heterocycles. The molecule has 0 aromatic heterocycles. The summed E-state index contributed by atoms with van der Waals surface area (Å²) in [5.74, 6) is -23.1. The van der Waals surface area contributed by atoms with Gasteiger partial charge in [-0.05, 0) is 5.56 Å². The van der Waals surface area contributed by atoms with E-state index in [1.54, 1.807) is 13.1 Å². The molecule has 0 saturated carbocycles. The Labute approximate surface area is 363 Å². The van der Waals surface area contributed by atoms with E-state index in [9.17, 15) is 43.9 Å². The van der Waals surface area contributed by atoms with E-state index in [1.807, 2.05) is 13.8 Å². The first kappa shape index (κ1) is 47.8. The summed E-state index contributed by atoms with van der Waals surface area (Å²) in [6.07, 6.45) is 5.15. The van der Waals surface area contributed by atoms with Crippen LogP contribution in [0.5, 0.6) is 0 Å². The van der Waals surface area contributed by atoms with Gasteiger partial charge in [0.05, 0.1) is 0 Å². The van der Waals surface area contributed by atoms with Gasteiger partial charge in [-0.1, -0.05) is 55.8 Å². The van der Waals surface area contributed by atoms with Gasteiger partial charge in [0, 0.05) is 0 Å². The molecule has 6 aromatic rings. The minimum atomic E-state index is -2.45. The predicted molar refractivity (Wildman–Crippen MR) is 220 cm³/mol. The quantitative estimate of drug-likeness (QED) is 0.0404. The van der Waals surface area contributed by atoms with Crippen molar-refractivity contribution in [1.29, 1.82) is 0 Å². The van der Waals surface area contributed by atoms with Crippen LogP contribution in [0.25, 0.3) is 38.6 Å². The molecule has 0 atom stereocenters. The van der Waals surface area contributed by atoms with Gasteiger partial charge in [-0.25, -0.2) is 11.1 Å². The van der Waals surface area contributed by atoms with Crippen molar-refractivity contribution in [1.82, 2.24) is 0 Å². The van der Waals surface area contributed by atoms with Crippen molar-refractivity contribution in [2.24, 2.45) is 0 Å². The molecule has 1 aliphatic carbocycles. The summed E-state index contributed by atoms with van der Waals surface area (Å²) in [6, 6.07) is 26.6. The number of benzene rings is 5. The number of allylic oxidation sites excluding steroid dienone is 5. The average molecular weight is 919 g/mol. The summed E-state index contributed by atoms with van der Waals surface area (Å²) in [6.45, 7) is 11.5. The Hall–Kier alpha value is -4.87. The SMILES string of the molecule is C[C-]=C(C)C(C)=CC.[B]=C1C(C=[Si](C)C)=C(c2c(F)c(F)c(F)c(F)c2F)c2c1cccc2-c1c(F)c(F)c(F)c(F)c1F.[Zr+2].c1ccc(-c2cccc3[cH-]ccc23)cc1. The standard InChI is InChI=1S/C24H10BF10Si.C15H11.C8H13.Zr/c1-36(2)6-9-11(13-17(28)21(32)24(35)22(33)18(13)29)10-7(4-3-5-8(10)14(9)25)12-15(26)19(30)23(34)20(31)16(12)27;1-2-6-12(7-3-1)14-10-4-8-13-9-5-11-15(13)14;1-5-7(3)8(4)6-2;/h3-6H,1-2H3;1-11H;5H,1-4H3;/q;2*-1;+2. The maximum Gasteiger partial charge on any atom is 2.00 e. The zero-order chi connectivity index (χ0) is 43.5. The van der Waals surface area contributed by atoms with Crippen LogP contribution in [-0.4, -0.2) is 27.0 Å². The van der Waals surface area contributed by atoms with Crippen LogP contribution >= 0.6 is 0 Å². The van der Waals surface area contributed by atoms with Crippen LogP contribution in [0.3, 0.4) is 0 Å². The van der Waals surface area contributed by atoms with Crippen LogP contribution in [0.15, 0.2) is 108 Å². The van der Waals surface area contributed by atoms with E-state index in [-0.39, 0.29) is 42.8 Å². The van der Waals surface area contributed by atoms with Crippen LogP contribution in [0, 0.1) is 64.2 Å². The summed E-state index contributed by atoms with van der Waals surface area (Å²) in [5.41, 5.74) is 0.969. The summed E-state index contributed by atoms with van der Waals surface area (Å²) in [5, 5.41) is 2.65. The molecule has 0 N–H and O–H groups in total. The van der Waals surface area contributed by atoms with E-state index in [1.165, 1.54) is 44.8 Å². The molecular formula is C47H34BF10SiZr. The van der Waals surface area contributed by atoms with Crippen molar-refractivity contribution in [3.63, 3.8) is 0 Å². The van der Waals surface area contributed by atoms with Gasteiger partial charge < -0.3 is 0 Å². The monoisotopic (exact) mass is 917 g/mol. The van der Waals surface area contributed by atoms with E-state index in [4.69, 9.17) is 7.49 Å². The molecule has 0 fully saturated rings. The Morgan fingerprint density at radius 1 is 0.600 bits per heavy atom. The molecule has 1 radical (unpaired) electrons. The normalized spacial score (nSPS) is 12.3. The number of hydrogen-bond donors (Lipinski definition) is 0. The maximum absolute atomic E-state index is 14.9. The van der Waals surface area contributed by atoms with Gasteiger partial charge in [-0.3, -0.25) is 6.08 Å². The summed E-state index contributed by atoms with van der Waals surface area (Å²) in [7, 11) is 4.64. The molecule has 303 valence electrons. The second-order valence-electron chi connectivity index (χ2n) is 13.6.